The molecule has 1 heterocycles. The molecule has 3 heteroatoms. The van der Waals surface area contributed by atoms with Gasteiger partial charge in [-0.15, -0.1) is 0 Å². The molecule has 100 valence electrons. The van der Waals surface area contributed by atoms with Crippen molar-refractivity contribution in [3.05, 3.63) is 66.4 Å². The van der Waals surface area contributed by atoms with Crippen molar-refractivity contribution in [3.63, 3.8) is 0 Å². The third-order valence-electron chi connectivity index (χ3n) is 3.40. The summed E-state index contributed by atoms with van der Waals surface area (Å²) in [5, 5.41) is 1.17. The first-order chi connectivity index (χ1) is 9.72. The van der Waals surface area contributed by atoms with E-state index in [-0.39, 0.29) is 0 Å². The first-order valence-corrected chi connectivity index (χ1v) is 6.63. The summed E-state index contributed by atoms with van der Waals surface area (Å²) < 4.78 is 0. The number of aromatic nitrogens is 1. The van der Waals surface area contributed by atoms with Gasteiger partial charge < -0.3 is 10.6 Å². The van der Waals surface area contributed by atoms with Crippen LogP contribution in [0.2, 0.25) is 0 Å². The molecule has 0 saturated carbocycles. The molecule has 0 aliphatic rings. The van der Waals surface area contributed by atoms with Crippen molar-refractivity contribution in [2.45, 2.75) is 6.54 Å². The van der Waals surface area contributed by atoms with Crippen LogP contribution in [0.25, 0.3) is 10.9 Å². The lowest BCUT2D eigenvalue weighted by atomic mass is 10.1. The van der Waals surface area contributed by atoms with Gasteiger partial charge in [0, 0.05) is 36.6 Å². The summed E-state index contributed by atoms with van der Waals surface area (Å²) in [6.45, 7) is 0.842. The van der Waals surface area contributed by atoms with Gasteiger partial charge >= 0.3 is 0 Å². The predicted molar refractivity (Wildman–Crippen MR) is 84.7 cm³/mol. The Hall–Kier alpha value is -2.55. The average Bonchev–Trinajstić information content (AvgIpc) is 2.47. The molecule has 2 aromatic carbocycles. The number of pyridine rings is 1. The molecule has 0 unspecified atom stereocenters. The molecule has 2 N–H and O–H groups in total. The maximum absolute atomic E-state index is 5.83. The molecule has 3 aromatic rings. The Labute approximate surface area is 118 Å². The highest BCUT2D eigenvalue weighted by Crippen LogP contribution is 2.20. The van der Waals surface area contributed by atoms with Crippen LogP contribution >= 0.6 is 0 Å². The molecule has 1 aromatic heterocycles. The zero-order chi connectivity index (χ0) is 13.9. The molecule has 0 bridgehead atoms. The second-order valence-electron chi connectivity index (χ2n) is 4.98. The van der Waals surface area contributed by atoms with E-state index in [0.717, 1.165) is 23.4 Å². The lowest BCUT2D eigenvalue weighted by Crippen LogP contribution is -2.16. The highest BCUT2D eigenvalue weighted by molar-refractivity contribution is 5.79. The fourth-order valence-electron chi connectivity index (χ4n) is 2.35. The molecule has 0 aliphatic carbocycles. The first kappa shape index (κ1) is 12.5. The lowest BCUT2D eigenvalue weighted by molar-refractivity contribution is 0.925. The monoisotopic (exact) mass is 263 g/mol. The van der Waals surface area contributed by atoms with Gasteiger partial charge in [0.25, 0.3) is 0 Å². The highest BCUT2D eigenvalue weighted by atomic mass is 15.1. The van der Waals surface area contributed by atoms with Gasteiger partial charge in [-0.1, -0.05) is 18.2 Å². The summed E-state index contributed by atoms with van der Waals surface area (Å²) in [7, 11) is 2.07. The Kier molecular flexibility index (Phi) is 3.25. The molecule has 0 atom stereocenters. The van der Waals surface area contributed by atoms with E-state index in [2.05, 4.69) is 47.3 Å². The van der Waals surface area contributed by atoms with Gasteiger partial charge in [0.15, 0.2) is 0 Å². The number of hydrogen-bond acceptors (Lipinski definition) is 3. The van der Waals surface area contributed by atoms with Crippen molar-refractivity contribution in [3.8, 4) is 0 Å². The van der Waals surface area contributed by atoms with Crippen LogP contribution in [0.3, 0.4) is 0 Å². The summed E-state index contributed by atoms with van der Waals surface area (Å²) in [6.07, 6.45) is 1.82. The lowest BCUT2D eigenvalue weighted by Gasteiger charge is -2.20. The van der Waals surface area contributed by atoms with E-state index in [4.69, 9.17) is 5.73 Å². The van der Waals surface area contributed by atoms with Gasteiger partial charge in [0.1, 0.15) is 0 Å². The van der Waals surface area contributed by atoms with E-state index in [1.165, 1.54) is 10.9 Å². The van der Waals surface area contributed by atoms with E-state index in [9.17, 15) is 0 Å². The Morgan fingerprint density at radius 1 is 1.05 bits per heavy atom. The summed E-state index contributed by atoms with van der Waals surface area (Å²) in [5.41, 5.74) is 10.0. The molecule has 20 heavy (non-hydrogen) atoms. The van der Waals surface area contributed by atoms with Crippen molar-refractivity contribution in [2.75, 3.05) is 17.7 Å². The van der Waals surface area contributed by atoms with Crippen LogP contribution in [0, 0.1) is 0 Å². The Bertz CT molecular complexity index is 737. The molecule has 3 rings (SSSR count). The van der Waals surface area contributed by atoms with Crippen LogP contribution in [0.5, 0.6) is 0 Å². The number of nitrogens with zero attached hydrogens (tertiary/aromatic N) is 2. The number of fused-ring (bicyclic) bond motifs is 1. The summed E-state index contributed by atoms with van der Waals surface area (Å²) in [6, 6.07) is 18.4. The summed E-state index contributed by atoms with van der Waals surface area (Å²) in [5.74, 6) is 0. The standard InChI is InChI=1S/C17H17N3/c1-20(16-6-2-5-15(18)11-16)12-13-7-8-17-14(10-13)4-3-9-19-17/h2-11H,12,18H2,1H3. The zero-order valence-corrected chi connectivity index (χ0v) is 11.5. The quantitative estimate of drug-likeness (QED) is 0.736. The molecule has 0 spiro atoms. The van der Waals surface area contributed by atoms with Crippen molar-refractivity contribution in [2.24, 2.45) is 0 Å². The van der Waals surface area contributed by atoms with Crippen LogP contribution in [0.1, 0.15) is 5.56 Å². The van der Waals surface area contributed by atoms with Gasteiger partial charge in [-0.05, 0) is 42.0 Å². The SMILES string of the molecule is CN(Cc1ccc2ncccc2c1)c1cccc(N)c1. The Balaban J connectivity index is 1.85. The molecule has 0 saturated heterocycles. The van der Waals surface area contributed by atoms with E-state index in [1.807, 2.05) is 30.5 Å². The third kappa shape index (κ3) is 2.57. The second-order valence-corrected chi connectivity index (χ2v) is 4.98. The van der Waals surface area contributed by atoms with E-state index in [0.29, 0.717) is 0 Å². The smallest absolute Gasteiger partial charge is 0.0702 e. The van der Waals surface area contributed by atoms with E-state index >= 15 is 0 Å². The number of benzene rings is 2. The average molecular weight is 263 g/mol. The predicted octanol–water partition coefficient (Wildman–Crippen LogP) is 3.45. The largest absolute Gasteiger partial charge is 0.399 e. The number of nitrogens with two attached hydrogens (primary N) is 1. The molecule has 3 nitrogen and oxygen atoms in total. The number of hydrogen-bond donors (Lipinski definition) is 1. The van der Waals surface area contributed by atoms with Gasteiger partial charge in [0.2, 0.25) is 0 Å². The topological polar surface area (TPSA) is 42.2 Å². The Morgan fingerprint density at radius 3 is 2.80 bits per heavy atom. The maximum Gasteiger partial charge on any atom is 0.0702 e. The minimum atomic E-state index is 0.789. The molecule has 0 aliphatic heterocycles. The van der Waals surface area contributed by atoms with Gasteiger partial charge in [-0.2, -0.15) is 0 Å². The number of nitrogen functional groups attached to an aromatic ring is 1. The minimum absolute atomic E-state index is 0.789. The van der Waals surface area contributed by atoms with Gasteiger partial charge in [-0.25, -0.2) is 0 Å². The highest BCUT2D eigenvalue weighted by Gasteiger charge is 2.03. The van der Waals surface area contributed by atoms with Crippen molar-refractivity contribution in [1.82, 2.24) is 4.98 Å². The molecule has 0 amide bonds. The normalized spacial score (nSPS) is 10.7. The number of anilines is 2. The van der Waals surface area contributed by atoms with Gasteiger partial charge in [-0.3, -0.25) is 4.98 Å². The zero-order valence-electron chi connectivity index (χ0n) is 11.5. The van der Waals surface area contributed by atoms with Gasteiger partial charge in [0.05, 0.1) is 5.52 Å². The Morgan fingerprint density at radius 2 is 1.95 bits per heavy atom. The molecule has 0 radical (unpaired) electrons. The van der Waals surface area contributed by atoms with Crippen LogP contribution in [-0.2, 0) is 6.54 Å². The van der Waals surface area contributed by atoms with Crippen LogP contribution in [-0.4, -0.2) is 12.0 Å². The van der Waals surface area contributed by atoms with E-state index < -0.39 is 0 Å². The third-order valence-corrected chi connectivity index (χ3v) is 3.40. The molecular formula is C17H17N3. The van der Waals surface area contributed by atoms with Crippen LogP contribution in [0.4, 0.5) is 11.4 Å². The molecular weight excluding hydrogens is 246 g/mol. The summed E-state index contributed by atoms with van der Waals surface area (Å²) >= 11 is 0. The number of rotatable bonds is 3. The first-order valence-electron chi connectivity index (χ1n) is 6.63. The van der Waals surface area contributed by atoms with Crippen molar-refractivity contribution in [1.29, 1.82) is 0 Å². The minimum Gasteiger partial charge on any atom is -0.399 e. The maximum atomic E-state index is 5.83. The fraction of sp³-hybridized carbons (Fsp3) is 0.118. The molecule has 0 fully saturated rings. The van der Waals surface area contributed by atoms with E-state index in [1.54, 1.807) is 0 Å². The summed E-state index contributed by atoms with van der Waals surface area (Å²) in [4.78, 5) is 6.53. The van der Waals surface area contributed by atoms with Crippen molar-refractivity contribution >= 4 is 22.3 Å². The second kappa shape index (κ2) is 5.21. The van der Waals surface area contributed by atoms with Crippen LogP contribution in [0.15, 0.2) is 60.8 Å². The van der Waals surface area contributed by atoms with Crippen LogP contribution < -0.4 is 10.6 Å². The fourth-order valence-corrected chi connectivity index (χ4v) is 2.35. The van der Waals surface area contributed by atoms with Crippen molar-refractivity contribution < 1.29 is 0 Å².